The van der Waals surface area contributed by atoms with Gasteiger partial charge < -0.3 is 10.6 Å². The van der Waals surface area contributed by atoms with Gasteiger partial charge in [-0.1, -0.05) is 24.3 Å². The number of aryl methyl sites for hydroxylation is 1. The third-order valence-corrected chi connectivity index (χ3v) is 6.36. The van der Waals surface area contributed by atoms with E-state index in [2.05, 4.69) is 41.0 Å². The van der Waals surface area contributed by atoms with Crippen molar-refractivity contribution in [3.8, 4) is 11.3 Å². The molecule has 26 heavy (non-hydrogen) atoms. The van der Waals surface area contributed by atoms with Crippen LogP contribution < -0.4 is 10.6 Å². The summed E-state index contributed by atoms with van der Waals surface area (Å²) in [4.78, 5) is 14.6. The quantitative estimate of drug-likeness (QED) is 0.858. The second kappa shape index (κ2) is 6.23. The Balaban J connectivity index is 1.62. The highest BCUT2D eigenvalue weighted by Crippen LogP contribution is 2.38. The number of hydrogen-bond acceptors (Lipinski definition) is 5. The standard InChI is InChI=1S/C21H27N5/c1-14-12-25-11-5-8-16(25)13-26(14)20-18-10-4-7-15-6-2-3-9-17(15)19(18)23-21(22)24-20/h2-3,6,9,14,16H,4-5,7-8,10-13H2,1H3,(H2,22,23,24). The molecule has 0 spiro atoms. The molecule has 2 saturated heterocycles. The third-order valence-electron chi connectivity index (χ3n) is 6.36. The Morgan fingerprint density at radius 2 is 1.96 bits per heavy atom. The number of hydrogen-bond donors (Lipinski definition) is 1. The SMILES string of the molecule is CC1CN2CCCC2CN1c1nc(N)nc2c1CCCc1ccccc1-2. The van der Waals surface area contributed by atoms with Gasteiger partial charge in [0.05, 0.1) is 5.69 Å². The molecular formula is C21H27N5. The molecule has 0 bridgehead atoms. The third kappa shape index (κ3) is 2.57. The number of anilines is 2. The van der Waals surface area contributed by atoms with Crippen LogP contribution in [0.15, 0.2) is 24.3 Å². The van der Waals surface area contributed by atoms with Gasteiger partial charge in [-0.25, -0.2) is 4.98 Å². The van der Waals surface area contributed by atoms with E-state index in [1.807, 2.05) is 0 Å². The van der Waals surface area contributed by atoms with Crippen molar-refractivity contribution in [1.29, 1.82) is 0 Å². The largest absolute Gasteiger partial charge is 0.368 e. The zero-order chi connectivity index (χ0) is 17.7. The zero-order valence-corrected chi connectivity index (χ0v) is 15.5. The predicted octanol–water partition coefficient (Wildman–Crippen LogP) is 2.89. The number of nitrogen functional groups attached to an aromatic ring is 1. The minimum Gasteiger partial charge on any atom is -0.368 e. The Labute approximate surface area is 155 Å². The van der Waals surface area contributed by atoms with Crippen molar-refractivity contribution >= 4 is 11.8 Å². The fourth-order valence-corrected chi connectivity index (χ4v) is 5.09. The Morgan fingerprint density at radius 1 is 1.08 bits per heavy atom. The summed E-state index contributed by atoms with van der Waals surface area (Å²) in [5, 5.41) is 0. The van der Waals surface area contributed by atoms with Crippen LogP contribution in [0.2, 0.25) is 0 Å². The summed E-state index contributed by atoms with van der Waals surface area (Å²) in [5.74, 6) is 1.49. The molecular weight excluding hydrogens is 322 g/mol. The lowest BCUT2D eigenvalue weighted by molar-refractivity contribution is 0.202. The van der Waals surface area contributed by atoms with E-state index in [1.165, 1.54) is 36.1 Å². The van der Waals surface area contributed by atoms with Gasteiger partial charge in [0.1, 0.15) is 5.82 Å². The number of rotatable bonds is 1. The van der Waals surface area contributed by atoms with Crippen LogP contribution in [0.25, 0.3) is 11.3 Å². The molecule has 2 aliphatic heterocycles. The van der Waals surface area contributed by atoms with Crippen molar-refractivity contribution in [1.82, 2.24) is 14.9 Å². The van der Waals surface area contributed by atoms with Gasteiger partial charge in [-0.15, -0.1) is 0 Å². The summed E-state index contributed by atoms with van der Waals surface area (Å²) in [6.07, 6.45) is 5.88. The first-order valence-corrected chi connectivity index (χ1v) is 9.96. The lowest BCUT2D eigenvalue weighted by Gasteiger charge is -2.43. The summed E-state index contributed by atoms with van der Waals surface area (Å²) >= 11 is 0. The summed E-state index contributed by atoms with van der Waals surface area (Å²) in [5.41, 5.74) is 11.2. The summed E-state index contributed by atoms with van der Waals surface area (Å²) in [6.45, 7) is 5.76. The summed E-state index contributed by atoms with van der Waals surface area (Å²) in [7, 11) is 0. The van der Waals surface area contributed by atoms with Gasteiger partial charge in [-0.2, -0.15) is 4.98 Å². The van der Waals surface area contributed by atoms with Gasteiger partial charge in [-0.3, -0.25) is 4.90 Å². The highest BCUT2D eigenvalue weighted by atomic mass is 15.3. The zero-order valence-electron chi connectivity index (χ0n) is 15.5. The van der Waals surface area contributed by atoms with Crippen LogP contribution >= 0.6 is 0 Å². The molecule has 0 amide bonds. The second-order valence-corrected chi connectivity index (χ2v) is 8.04. The molecule has 0 radical (unpaired) electrons. The average molecular weight is 349 g/mol. The Hall–Kier alpha value is -2.14. The van der Waals surface area contributed by atoms with E-state index in [4.69, 9.17) is 15.7 Å². The molecule has 2 N–H and O–H groups in total. The number of aromatic nitrogens is 2. The van der Waals surface area contributed by atoms with Crippen molar-refractivity contribution in [2.24, 2.45) is 0 Å². The van der Waals surface area contributed by atoms with Gasteiger partial charge in [0.2, 0.25) is 5.95 Å². The summed E-state index contributed by atoms with van der Waals surface area (Å²) in [6, 6.07) is 9.76. The van der Waals surface area contributed by atoms with Crippen molar-refractivity contribution in [3.63, 3.8) is 0 Å². The highest BCUT2D eigenvalue weighted by Gasteiger charge is 2.36. The van der Waals surface area contributed by atoms with Gasteiger partial charge >= 0.3 is 0 Å². The maximum atomic E-state index is 6.19. The highest BCUT2D eigenvalue weighted by molar-refractivity contribution is 5.74. The van der Waals surface area contributed by atoms with Crippen LogP contribution in [0.3, 0.4) is 0 Å². The molecule has 1 aliphatic carbocycles. The molecule has 5 heteroatoms. The van der Waals surface area contributed by atoms with Gasteiger partial charge in [0, 0.05) is 36.3 Å². The molecule has 1 aromatic heterocycles. The van der Waals surface area contributed by atoms with Crippen molar-refractivity contribution in [2.75, 3.05) is 30.3 Å². The Bertz CT molecular complexity index is 833. The van der Waals surface area contributed by atoms with Crippen LogP contribution in [0.1, 0.15) is 37.3 Å². The lowest BCUT2D eigenvalue weighted by Crippen LogP contribution is -2.55. The lowest BCUT2D eigenvalue weighted by atomic mass is 10.0. The molecule has 3 aliphatic rings. The minimum atomic E-state index is 0.400. The fraction of sp³-hybridized carbons (Fsp3) is 0.524. The molecule has 1 aromatic carbocycles. The van der Waals surface area contributed by atoms with Crippen LogP contribution in [-0.4, -0.2) is 46.6 Å². The molecule has 2 atom stereocenters. The molecule has 3 heterocycles. The molecule has 2 aromatic rings. The van der Waals surface area contributed by atoms with E-state index >= 15 is 0 Å². The van der Waals surface area contributed by atoms with E-state index in [-0.39, 0.29) is 0 Å². The molecule has 2 fully saturated rings. The van der Waals surface area contributed by atoms with Crippen molar-refractivity contribution < 1.29 is 0 Å². The maximum absolute atomic E-state index is 6.19. The predicted molar refractivity (Wildman–Crippen MR) is 105 cm³/mol. The monoisotopic (exact) mass is 349 g/mol. The maximum Gasteiger partial charge on any atom is 0.222 e. The molecule has 2 unspecified atom stereocenters. The smallest absolute Gasteiger partial charge is 0.222 e. The van der Waals surface area contributed by atoms with Gasteiger partial charge in [-0.05, 0) is 51.1 Å². The average Bonchev–Trinajstić information content (AvgIpc) is 3.01. The van der Waals surface area contributed by atoms with Crippen LogP contribution in [0.5, 0.6) is 0 Å². The number of fused-ring (bicyclic) bond motifs is 4. The van der Waals surface area contributed by atoms with Crippen LogP contribution in [0, 0.1) is 0 Å². The van der Waals surface area contributed by atoms with Gasteiger partial charge in [0.15, 0.2) is 0 Å². The van der Waals surface area contributed by atoms with Crippen LogP contribution in [-0.2, 0) is 12.8 Å². The summed E-state index contributed by atoms with van der Waals surface area (Å²) < 4.78 is 0. The number of piperazine rings is 1. The minimum absolute atomic E-state index is 0.400. The first-order valence-electron chi connectivity index (χ1n) is 9.96. The van der Waals surface area contributed by atoms with Crippen LogP contribution in [0.4, 0.5) is 11.8 Å². The molecule has 0 saturated carbocycles. The first kappa shape index (κ1) is 16.1. The topological polar surface area (TPSA) is 58.3 Å². The van der Waals surface area contributed by atoms with E-state index in [0.29, 0.717) is 18.0 Å². The number of nitrogens with zero attached hydrogens (tertiary/aromatic N) is 4. The molecule has 5 rings (SSSR count). The normalized spacial score (nSPS) is 25.3. The number of nitrogens with two attached hydrogens (primary N) is 1. The van der Waals surface area contributed by atoms with Crippen molar-refractivity contribution in [2.45, 2.75) is 51.1 Å². The number of benzene rings is 1. The first-order chi connectivity index (χ1) is 12.7. The Kier molecular flexibility index (Phi) is 3.85. The van der Waals surface area contributed by atoms with E-state index in [0.717, 1.165) is 43.9 Å². The van der Waals surface area contributed by atoms with Gasteiger partial charge in [0.25, 0.3) is 0 Å². The fourth-order valence-electron chi connectivity index (χ4n) is 5.09. The second-order valence-electron chi connectivity index (χ2n) is 8.04. The van der Waals surface area contributed by atoms with E-state index in [9.17, 15) is 0 Å². The molecule has 5 nitrogen and oxygen atoms in total. The Morgan fingerprint density at radius 3 is 2.88 bits per heavy atom. The van der Waals surface area contributed by atoms with Crippen molar-refractivity contribution in [3.05, 3.63) is 35.4 Å². The molecule has 136 valence electrons. The van der Waals surface area contributed by atoms with E-state index < -0.39 is 0 Å². The van der Waals surface area contributed by atoms with E-state index in [1.54, 1.807) is 0 Å².